The Kier molecular flexibility index (Phi) is 3.57. The van der Waals surface area contributed by atoms with Crippen LogP contribution in [-0.4, -0.2) is 34.2 Å². The first-order valence-electron chi connectivity index (χ1n) is 6.26. The molecule has 0 spiro atoms. The molecular formula is C14H17NO4. The SMILES string of the molecule is CC(O)(CN1C(=O)CCCc2ccccc21)C(=O)O. The molecule has 2 rings (SSSR count). The smallest absolute Gasteiger partial charge is 0.337 e. The van der Waals surface area contributed by atoms with Crippen molar-refractivity contribution in [1.29, 1.82) is 0 Å². The van der Waals surface area contributed by atoms with Gasteiger partial charge in [-0.15, -0.1) is 0 Å². The topological polar surface area (TPSA) is 77.8 Å². The number of aryl methyl sites for hydroxylation is 1. The first-order valence-corrected chi connectivity index (χ1v) is 6.26. The maximum atomic E-state index is 12.1. The van der Waals surface area contributed by atoms with Crippen molar-refractivity contribution in [3.05, 3.63) is 29.8 Å². The molecule has 1 unspecified atom stereocenters. The van der Waals surface area contributed by atoms with Gasteiger partial charge in [0.25, 0.3) is 0 Å². The van der Waals surface area contributed by atoms with Gasteiger partial charge in [-0.3, -0.25) is 4.79 Å². The van der Waals surface area contributed by atoms with Crippen LogP contribution in [0.1, 0.15) is 25.3 Å². The minimum absolute atomic E-state index is 0.147. The third kappa shape index (κ3) is 2.76. The number of carbonyl (C=O) groups excluding carboxylic acids is 1. The number of para-hydroxylation sites is 1. The lowest BCUT2D eigenvalue weighted by Crippen LogP contribution is -2.49. The van der Waals surface area contributed by atoms with Crippen LogP contribution in [-0.2, 0) is 16.0 Å². The number of β-amino-alcohol motifs (C(OH)–C–C–N with tert-alkyl or cyclic N) is 1. The lowest BCUT2D eigenvalue weighted by molar-refractivity contribution is -0.155. The van der Waals surface area contributed by atoms with Crippen LogP contribution in [0.25, 0.3) is 0 Å². The molecule has 0 fully saturated rings. The number of hydrogen-bond acceptors (Lipinski definition) is 3. The van der Waals surface area contributed by atoms with Crippen LogP contribution in [0.3, 0.4) is 0 Å². The summed E-state index contributed by atoms with van der Waals surface area (Å²) in [5.74, 6) is -1.48. The van der Waals surface area contributed by atoms with Gasteiger partial charge in [0.15, 0.2) is 5.60 Å². The average molecular weight is 263 g/mol. The first kappa shape index (κ1) is 13.5. The third-order valence-electron chi connectivity index (χ3n) is 3.35. The fourth-order valence-electron chi connectivity index (χ4n) is 2.23. The molecule has 1 atom stereocenters. The Labute approximate surface area is 111 Å². The van der Waals surface area contributed by atoms with Crippen molar-refractivity contribution >= 4 is 17.6 Å². The Balaban J connectivity index is 2.37. The summed E-state index contributed by atoms with van der Waals surface area (Å²) in [5.41, 5.74) is -0.242. The van der Waals surface area contributed by atoms with Gasteiger partial charge in [-0.1, -0.05) is 18.2 Å². The van der Waals surface area contributed by atoms with Gasteiger partial charge >= 0.3 is 5.97 Å². The zero-order valence-electron chi connectivity index (χ0n) is 10.8. The first-order chi connectivity index (χ1) is 8.92. The predicted octanol–water partition coefficient (Wildman–Crippen LogP) is 1.19. The molecule has 1 aromatic carbocycles. The molecule has 0 saturated heterocycles. The fraction of sp³-hybridized carbons (Fsp3) is 0.429. The minimum atomic E-state index is -1.95. The summed E-state index contributed by atoms with van der Waals surface area (Å²) in [7, 11) is 0. The maximum absolute atomic E-state index is 12.1. The number of carbonyl (C=O) groups is 2. The van der Waals surface area contributed by atoms with Crippen molar-refractivity contribution in [2.45, 2.75) is 31.8 Å². The second kappa shape index (κ2) is 5.01. The number of carboxylic acids is 1. The quantitative estimate of drug-likeness (QED) is 0.858. The van der Waals surface area contributed by atoms with Gasteiger partial charge in [-0.2, -0.15) is 0 Å². The maximum Gasteiger partial charge on any atom is 0.337 e. The van der Waals surface area contributed by atoms with E-state index < -0.39 is 11.6 Å². The largest absolute Gasteiger partial charge is 0.479 e. The zero-order chi connectivity index (χ0) is 14.0. The Hall–Kier alpha value is -1.88. The summed E-state index contributed by atoms with van der Waals surface area (Å²) in [4.78, 5) is 24.5. The molecule has 1 amide bonds. The highest BCUT2D eigenvalue weighted by molar-refractivity contribution is 5.96. The van der Waals surface area contributed by atoms with E-state index in [9.17, 15) is 14.7 Å². The number of fused-ring (bicyclic) bond motifs is 1. The number of rotatable bonds is 3. The molecule has 1 heterocycles. The number of aliphatic hydroxyl groups is 1. The van der Waals surface area contributed by atoms with Crippen molar-refractivity contribution in [3.63, 3.8) is 0 Å². The average Bonchev–Trinajstić information content (AvgIpc) is 2.50. The molecule has 0 aromatic heterocycles. The highest BCUT2D eigenvalue weighted by atomic mass is 16.4. The molecule has 5 nitrogen and oxygen atoms in total. The number of hydrogen-bond donors (Lipinski definition) is 2. The molecule has 0 aliphatic carbocycles. The van der Waals surface area contributed by atoms with Gasteiger partial charge in [0, 0.05) is 12.1 Å². The van der Waals surface area contributed by atoms with E-state index in [0.717, 1.165) is 18.4 Å². The standard InChI is InChI=1S/C14H17NO4/c1-14(19,13(17)18)9-15-11-7-3-2-5-10(11)6-4-8-12(15)16/h2-3,5,7,19H,4,6,8-9H2,1H3,(H,17,18). The van der Waals surface area contributed by atoms with Gasteiger partial charge in [0.1, 0.15) is 0 Å². The number of amides is 1. The predicted molar refractivity (Wildman–Crippen MR) is 70.0 cm³/mol. The summed E-state index contributed by atoms with van der Waals surface area (Å²) in [5, 5.41) is 18.9. The lowest BCUT2D eigenvalue weighted by atomic mass is 10.0. The van der Waals surface area contributed by atoms with E-state index >= 15 is 0 Å². The Morgan fingerprint density at radius 3 is 2.74 bits per heavy atom. The number of benzene rings is 1. The van der Waals surface area contributed by atoms with Crippen LogP contribution in [0.4, 0.5) is 5.69 Å². The highest BCUT2D eigenvalue weighted by Gasteiger charge is 2.35. The monoisotopic (exact) mass is 263 g/mol. The molecule has 5 heteroatoms. The summed E-state index contributed by atoms with van der Waals surface area (Å²) in [6.45, 7) is 0.967. The van der Waals surface area contributed by atoms with Crippen LogP contribution < -0.4 is 4.90 Å². The normalized spacial score (nSPS) is 18.4. The van der Waals surface area contributed by atoms with Gasteiger partial charge < -0.3 is 15.1 Å². The number of carboxylic acid groups (broad SMARTS) is 1. The van der Waals surface area contributed by atoms with Gasteiger partial charge in [-0.25, -0.2) is 4.79 Å². The Morgan fingerprint density at radius 2 is 2.05 bits per heavy atom. The van der Waals surface area contributed by atoms with Crippen LogP contribution in [0.2, 0.25) is 0 Å². The second-order valence-electron chi connectivity index (χ2n) is 5.04. The lowest BCUT2D eigenvalue weighted by Gasteiger charge is -2.29. The van der Waals surface area contributed by atoms with Crippen LogP contribution >= 0.6 is 0 Å². The van der Waals surface area contributed by atoms with E-state index in [-0.39, 0.29) is 12.5 Å². The molecule has 1 aliphatic heterocycles. The Morgan fingerprint density at radius 1 is 1.37 bits per heavy atom. The van der Waals surface area contributed by atoms with E-state index in [2.05, 4.69) is 0 Å². The van der Waals surface area contributed by atoms with Crippen molar-refractivity contribution in [1.82, 2.24) is 0 Å². The van der Waals surface area contributed by atoms with Gasteiger partial charge in [0.2, 0.25) is 5.91 Å². The van der Waals surface area contributed by atoms with E-state index in [4.69, 9.17) is 5.11 Å². The molecule has 0 bridgehead atoms. The van der Waals surface area contributed by atoms with E-state index in [0.29, 0.717) is 12.1 Å². The van der Waals surface area contributed by atoms with Crippen molar-refractivity contribution < 1.29 is 19.8 Å². The highest BCUT2D eigenvalue weighted by Crippen LogP contribution is 2.28. The van der Waals surface area contributed by atoms with Crippen LogP contribution in [0, 0.1) is 0 Å². The van der Waals surface area contributed by atoms with Crippen molar-refractivity contribution in [2.24, 2.45) is 0 Å². The third-order valence-corrected chi connectivity index (χ3v) is 3.35. The van der Waals surface area contributed by atoms with Gasteiger partial charge in [-0.05, 0) is 31.4 Å². The summed E-state index contributed by atoms with van der Waals surface area (Å²) in [6, 6.07) is 7.41. The number of anilines is 1. The molecule has 0 saturated carbocycles. The summed E-state index contributed by atoms with van der Waals surface area (Å²) >= 11 is 0. The molecule has 2 N–H and O–H groups in total. The summed E-state index contributed by atoms with van der Waals surface area (Å²) < 4.78 is 0. The van der Waals surface area contributed by atoms with Gasteiger partial charge in [0.05, 0.1) is 6.54 Å². The molecule has 1 aliphatic rings. The van der Waals surface area contributed by atoms with Crippen LogP contribution in [0.15, 0.2) is 24.3 Å². The minimum Gasteiger partial charge on any atom is -0.479 e. The van der Waals surface area contributed by atoms with E-state index in [1.54, 1.807) is 12.1 Å². The number of aliphatic carboxylic acids is 1. The Bertz CT molecular complexity index is 510. The molecule has 0 radical (unpaired) electrons. The fourth-order valence-corrected chi connectivity index (χ4v) is 2.23. The molecular weight excluding hydrogens is 246 g/mol. The molecule has 1 aromatic rings. The second-order valence-corrected chi connectivity index (χ2v) is 5.04. The van der Waals surface area contributed by atoms with Crippen molar-refractivity contribution in [3.8, 4) is 0 Å². The number of nitrogens with zero attached hydrogens (tertiary/aromatic N) is 1. The van der Waals surface area contributed by atoms with E-state index in [1.165, 1.54) is 11.8 Å². The zero-order valence-corrected chi connectivity index (χ0v) is 10.8. The molecule has 19 heavy (non-hydrogen) atoms. The summed E-state index contributed by atoms with van der Waals surface area (Å²) in [6.07, 6.45) is 1.89. The van der Waals surface area contributed by atoms with E-state index in [1.807, 2.05) is 12.1 Å². The molecule has 102 valence electrons. The van der Waals surface area contributed by atoms with Crippen LogP contribution in [0.5, 0.6) is 0 Å². The van der Waals surface area contributed by atoms with Crippen molar-refractivity contribution in [2.75, 3.05) is 11.4 Å².